The van der Waals surface area contributed by atoms with E-state index in [1.807, 2.05) is 13.0 Å². The zero-order chi connectivity index (χ0) is 15.5. The predicted molar refractivity (Wildman–Crippen MR) is 83.9 cm³/mol. The van der Waals surface area contributed by atoms with Crippen LogP contribution in [0.3, 0.4) is 0 Å². The summed E-state index contributed by atoms with van der Waals surface area (Å²) in [7, 11) is 1.38. The van der Waals surface area contributed by atoms with E-state index in [-0.39, 0.29) is 0 Å². The topological polar surface area (TPSA) is 45.9 Å². The Hall–Kier alpha value is -1.33. The maximum absolute atomic E-state index is 11.6. The van der Waals surface area contributed by atoms with Gasteiger partial charge in [-0.15, -0.1) is 0 Å². The maximum atomic E-state index is 11.6. The van der Waals surface area contributed by atoms with Crippen molar-refractivity contribution < 1.29 is 13.9 Å². The monoisotopic (exact) mass is 306 g/mol. The average molecular weight is 306 g/mol. The van der Waals surface area contributed by atoms with E-state index in [0.717, 1.165) is 31.0 Å². The van der Waals surface area contributed by atoms with Crippen LogP contribution in [0.25, 0.3) is 0 Å². The second-order valence-electron chi connectivity index (χ2n) is 6.49. The van der Waals surface area contributed by atoms with E-state index in [4.69, 9.17) is 9.15 Å². The molecule has 2 fully saturated rings. The first-order chi connectivity index (χ1) is 10.7. The molecule has 0 amide bonds. The number of furan rings is 1. The lowest BCUT2D eigenvalue weighted by Crippen LogP contribution is -2.46. The van der Waals surface area contributed by atoms with Crippen LogP contribution in [-0.2, 0) is 11.3 Å². The summed E-state index contributed by atoms with van der Waals surface area (Å²) in [6.45, 7) is 7.39. The van der Waals surface area contributed by atoms with Crippen molar-refractivity contribution >= 4 is 5.97 Å². The molecule has 2 aliphatic rings. The molecule has 1 aromatic heterocycles. The maximum Gasteiger partial charge on any atom is 0.374 e. The third kappa shape index (κ3) is 3.36. The van der Waals surface area contributed by atoms with Gasteiger partial charge in [-0.1, -0.05) is 0 Å². The van der Waals surface area contributed by atoms with Crippen LogP contribution in [-0.4, -0.2) is 55.1 Å². The summed E-state index contributed by atoms with van der Waals surface area (Å²) in [5.74, 6) is 0.808. The Morgan fingerprint density at radius 1 is 1.32 bits per heavy atom. The van der Waals surface area contributed by atoms with Crippen molar-refractivity contribution in [2.75, 3.05) is 33.3 Å². The summed E-state index contributed by atoms with van der Waals surface area (Å²) in [6.07, 6.45) is 5.23. The molecule has 1 aromatic rings. The highest BCUT2D eigenvalue weighted by atomic mass is 16.5. The number of methoxy groups -OCH3 is 1. The van der Waals surface area contributed by atoms with Gasteiger partial charge in [0.2, 0.25) is 5.76 Å². The normalized spacial score (nSPS) is 23.8. The number of ether oxygens (including phenoxy) is 1. The van der Waals surface area contributed by atoms with Crippen LogP contribution in [0.4, 0.5) is 0 Å². The van der Waals surface area contributed by atoms with Gasteiger partial charge >= 0.3 is 5.97 Å². The van der Waals surface area contributed by atoms with Gasteiger partial charge < -0.3 is 9.15 Å². The van der Waals surface area contributed by atoms with Crippen LogP contribution < -0.4 is 0 Å². The van der Waals surface area contributed by atoms with Crippen molar-refractivity contribution in [2.45, 2.75) is 45.2 Å². The van der Waals surface area contributed by atoms with Crippen molar-refractivity contribution in [1.29, 1.82) is 0 Å². The van der Waals surface area contributed by atoms with Gasteiger partial charge in [-0.05, 0) is 58.3 Å². The van der Waals surface area contributed by atoms with Crippen molar-refractivity contribution in [3.05, 3.63) is 23.2 Å². The molecule has 5 nitrogen and oxygen atoms in total. The number of likely N-dealkylation sites (tertiary alicyclic amines) is 2. The van der Waals surface area contributed by atoms with Crippen LogP contribution in [0, 0.1) is 6.92 Å². The highest BCUT2D eigenvalue weighted by Gasteiger charge is 2.27. The average Bonchev–Trinajstić information content (AvgIpc) is 3.17. The summed E-state index contributed by atoms with van der Waals surface area (Å²) in [5.41, 5.74) is 0.856. The van der Waals surface area contributed by atoms with Crippen LogP contribution in [0.1, 0.15) is 47.6 Å². The molecule has 3 rings (SSSR count). The number of hydrogen-bond acceptors (Lipinski definition) is 5. The Bertz CT molecular complexity index is 520. The smallest absolute Gasteiger partial charge is 0.374 e. The fraction of sp³-hybridized carbons (Fsp3) is 0.706. The van der Waals surface area contributed by atoms with E-state index < -0.39 is 5.97 Å². The lowest BCUT2D eigenvalue weighted by Gasteiger charge is -2.37. The van der Waals surface area contributed by atoms with Gasteiger partial charge in [-0.2, -0.15) is 0 Å². The second-order valence-corrected chi connectivity index (χ2v) is 6.49. The number of carbonyl (C=O) groups is 1. The molecule has 0 aromatic carbocycles. The molecular weight excluding hydrogens is 280 g/mol. The van der Waals surface area contributed by atoms with E-state index in [1.165, 1.54) is 45.9 Å². The first-order valence-electron chi connectivity index (χ1n) is 8.31. The summed E-state index contributed by atoms with van der Waals surface area (Å²) in [4.78, 5) is 16.7. The molecule has 0 unspecified atom stereocenters. The van der Waals surface area contributed by atoms with Crippen molar-refractivity contribution in [3.8, 4) is 0 Å². The fourth-order valence-electron chi connectivity index (χ4n) is 3.72. The van der Waals surface area contributed by atoms with E-state index in [1.54, 1.807) is 0 Å². The molecule has 122 valence electrons. The molecule has 0 saturated carbocycles. The standard InChI is InChI=1S/C17H26N2O3/c1-13-10-15(22-16(13)17(20)21-2)12-18-7-5-6-14(11-18)19-8-3-4-9-19/h10,14H,3-9,11-12H2,1-2H3/t14-/m1/s1. The van der Waals surface area contributed by atoms with Crippen molar-refractivity contribution in [1.82, 2.24) is 9.80 Å². The highest BCUT2D eigenvalue weighted by Crippen LogP contribution is 2.23. The van der Waals surface area contributed by atoms with Gasteiger partial charge in [0, 0.05) is 18.2 Å². The highest BCUT2D eigenvalue weighted by molar-refractivity contribution is 5.87. The molecule has 0 radical (unpaired) electrons. The SMILES string of the molecule is COC(=O)c1oc(CN2CCC[C@@H](N3CCCC3)C2)cc1C. The molecule has 0 aliphatic carbocycles. The molecule has 3 heterocycles. The second kappa shape index (κ2) is 6.84. The van der Waals surface area contributed by atoms with Crippen LogP contribution in [0.5, 0.6) is 0 Å². The number of rotatable bonds is 4. The number of piperidine rings is 1. The zero-order valence-electron chi connectivity index (χ0n) is 13.6. The Morgan fingerprint density at radius 3 is 2.82 bits per heavy atom. The van der Waals surface area contributed by atoms with Gasteiger partial charge in [-0.3, -0.25) is 9.80 Å². The largest absolute Gasteiger partial charge is 0.463 e. The van der Waals surface area contributed by atoms with Gasteiger partial charge in [0.25, 0.3) is 0 Å². The van der Waals surface area contributed by atoms with Gasteiger partial charge in [-0.25, -0.2) is 4.79 Å². The molecule has 2 aliphatic heterocycles. The van der Waals surface area contributed by atoms with Gasteiger partial charge in [0.1, 0.15) is 5.76 Å². The first-order valence-corrected chi connectivity index (χ1v) is 8.31. The predicted octanol–water partition coefficient (Wildman–Crippen LogP) is 2.43. The number of hydrogen-bond donors (Lipinski definition) is 0. The molecule has 1 atom stereocenters. The molecular formula is C17H26N2O3. The minimum atomic E-state index is -0.391. The van der Waals surface area contributed by atoms with E-state index >= 15 is 0 Å². The summed E-state index contributed by atoms with van der Waals surface area (Å²) < 4.78 is 10.5. The lowest BCUT2D eigenvalue weighted by molar-refractivity contribution is 0.0557. The summed E-state index contributed by atoms with van der Waals surface area (Å²) >= 11 is 0. The van der Waals surface area contributed by atoms with Crippen molar-refractivity contribution in [3.63, 3.8) is 0 Å². The Balaban J connectivity index is 1.61. The summed E-state index contributed by atoms with van der Waals surface area (Å²) in [5, 5.41) is 0. The quantitative estimate of drug-likeness (QED) is 0.800. The number of nitrogens with zero attached hydrogens (tertiary/aromatic N) is 2. The van der Waals surface area contributed by atoms with Crippen LogP contribution in [0.2, 0.25) is 0 Å². The minimum Gasteiger partial charge on any atom is -0.463 e. The zero-order valence-corrected chi connectivity index (χ0v) is 13.6. The first kappa shape index (κ1) is 15.6. The van der Waals surface area contributed by atoms with Crippen LogP contribution >= 0.6 is 0 Å². The van der Waals surface area contributed by atoms with Gasteiger partial charge in [0.15, 0.2) is 0 Å². The minimum absolute atomic E-state index is 0.339. The van der Waals surface area contributed by atoms with Crippen molar-refractivity contribution in [2.24, 2.45) is 0 Å². The molecule has 5 heteroatoms. The number of aryl methyl sites for hydroxylation is 1. The van der Waals surface area contributed by atoms with E-state index in [9.17, 15) is 4.79 Å². The van der Waals surface area contributed by atoms with E-state index in [2.05, 4.69) is 9.80 Å². The molecule has 0 spiro atoms. The summed E-state index contributed by atoms with van der Waals surface area (Å²) in [6, 6.07) is 2.65. The van der Waals surface area contributed by atoms with E-state index in [0.29, 0.717) is 11.8 Å². The molecule has 2 saturated heterocycles. The fourth-order valence-corrected chi connectivity index (χ4v) is 3.72. The molecule has 0 bridgehead atoms. The van der Waals surface area contributed by atoms with Gasteiger partial charge in [0.05, 0.1) is 13.7 Å². The Morgan fingerprint density at radius 2 is 2.09 bits per heavy atom. The molecule has 0 N–H and O–H groups in total. The third-order valence-corrected chi connectivity index (χ3v) is 4.86. The lowest BCUT2D eigenvalue weighted by atomic mass is 10.0. The molecule has 22 heavy (non-hydrogen) atoms. The number of carbonyl (C=O) groups excluding carboxylic acids is 1. The Kier molecular flexibility index (Phi) is 4.84. The number of esters is 1. The Labute approximate surface area is 132 Å². The van der Waals surface area contributed by atoms with Crippen LogP contribution in [0.15, 0.2) is 10.5 Å². The third-order valence-electron chi connectivity index (χ3n) is 4.86.